The lowest BCUT2D eigenvalue weighted by Crippen LogP contribution is -2.42. The number of carbonyl (C=O) groups excluding carboxylic acids is 2. The fourth-order valence-electron chi connectivity index (χ4n) is 2.80. The quantitative estimate of drug-likeness (QED) is 0.846. The average molecular weight is 318 g/mol. The zero-order chi connectivity index (χ0) is 16.9. The Labute approximate surface area is 138 Å². The van der Waals surface area contributed by atoms with Gasteiger partial charge in [-0.15, -0.1) is 0 Å². The van der Waals surface area contributed by atoms with Crippen molar-refractivity contribution in [3.05, 3.63) is 35.9 Å². The molecule has 0 aliphatic carbocycles. The van der Waals surface area contributed by atoms with Gasteiger partial charge in [0.05, 0.1) is 0 Å². The first-order valence-electron chi connectivity index (χ1n) is 8.15. The van der Waals surface area contributed by atoms with Crippen molar-refractivity contribution in [3.8, 4) is 0 Å². The van der Waals surface area contributed by atoms with Gasteiger partial charge in [0.2, 0.25) is 5.91 Å². The smallest absolute Gasteiger partial charge is 0.325 e. The van der Waals surface area contributed by atoms with Gasteiger partial charge in [-0.3, -0.25) is 14.5 Å². The summed E-state index contributed by atoms with van der Waals surface area (Å²) in [7, 11) is 0. The molecule has 5 heteroatoms. The van der Waals surface area contributed by atoms with E-state index in [0.29, 0.717) is 0 Å². The van der Waals surface area contributed by atoms with Crippen molar-refractivity contribution in [3.63, 3.8) is 0 Å². The zero-order valence-electron chi connectivity index (χ0n) is 14.2. The second kappa shape index (κ2) is 7.59. The molecule has 1 aliphatic rings. The summed E-state index contributed by atoms with van der Waals surface area (Å²) >= 11 is 0. The van der Waals surface area contributed by atoms with E-state index in [9.17, 15) is 9.59 Å². The summed E-state index contributed by atoms with van der Waals surface area (Å²) in [6.07, 6.45) is 2.20. The molecule has 1 N–H and O–H groups in total. The van der Waals surface area contributed by atoms with E-state index in [2.05, 4.69) is 10.2 Å². The highest BCUT2D eigenvalue weighted by molar-refractivity contribution is 5.86. The van der Waals surface area contributed by atoms with Gasteiger partial charge in [-0.05, 0) is 52.3 Å². The summed E-state index contributed by atoms with van der Waals surface area (Å²) in [6.45, 7) is 7.13. The van der Waals surface area contributed by atoms with Gasteiger partial charge in [0.1, 0.15) is 18.2 Å². The first-order valence-corrected chi connectivity index (χ1v) is 8.15. The van der Waals surface area contributed by atoms with Crippen molar-refractivity contribution in [2.24, 2.45) is 0 Å². The first-order chi connectivity index (χ1) is 10.9. The average Bonchev–Trinajstić information content (AvgIpc) is 2.99. The molecule has 0 spiro atoms. The number of nitrogens with zero attached hydrogens (tertiary/aromatic N) is 1. The molecule has 0 aromatic heterocycles. The summed E-state index contributed by atoms with van der Waals surface area (Å²) in [5.74, 6) is -0.567. The van der Waals surface area contributed by atoms with Crippen molar-refractivity contribution < 1.29 is 14.3 Å². The Morgan fingerprint density at radius 2 is 1.78 bits per heavy atom. The molecular formula is C18H26N2O3. The number of esters is 1. The van der Waals surface area contributed by atoms with Gasteiger partial charge < -0.3 is 10.1 Å². The Balaban J connectivity index is 2.01. The fraction of sp³-hybridized carbons (Fsp3) is 0.556. The summed E-state index contributed by atoms with van der Waals surface area (Å²) in [5, 5.41) is 2.73. The van der Waals surface area contributed by atoms with E-state index in [1.165, 1.54) is 0 Å². The van der Waals surface area contributed by atoms with Crippen molar-refractivity contribution >= 4 is 11.9 Å². The number of hydrogen-bond acceptors (Lipinski definition) is 4. The number of rotatable bonds is 5. The van der Waals surface area contributed by atoms with Gasteiger partial charge in [-0.1, -0.05) is 30.3 Å². The zero-order valence-corrected chi connectivity index (χ0v) is 14.2. The van der Waals surface area contributed by atoms with Gasteiger partial charge >= 0.3 is 5.97 Å². The molecule has 1 aromatic carbocycles. The minimum atomic E-state index is -0.546. The molecule has 0 saturated carbocycles. The molecule has 1 aromatic rings. The third kappa shape index (κ3) is 5.36. The third-order valence-electron chi connectivity index (χ3n) is 3.70. The van der Waals surface area contributed by atoms with Crippen LogP contribution in [0.2, 0.25) is 0 Å². The minimum absolute atomic E-state index is 0.104. The number of benzene rings is 1. The molecule has 1 aliphatic heterocycles. The largest absolute Gasteiger partial charge is 0.459 e. The molecule has 1 saturated heterocycles. The number of nitrogens with one attached hydrogen (secondary N) is 1. The molecule has 1 unspecified atom stereocenters. The van der Waals surface area contributed by atoms with Crippen LogP contribution in [-0.2, 0) is 14.3 Å². The van der Waals surface area contributed by atoms with Gasteiger partial charge in [-0.2, -0.15) is 0 Å². The van der Waals surface area contributed by atoms with E-state index in [1.54, 1.807) is 0 Å². The SMILES string of the molecule is CC(C)(C)OC(=O)CNC(=O)C(c1ccccc1)N1CCCC1. The van der Waals surface area contributed by atoms with Crippen molar-refractivity contribution in [1.82, 2.24) is 10.2 Å². The lowest BCUT2D eigenvalue weighted by Gasteiger charge is -2.27. The van der Waals surface area contributed by atoms with Crippen molar-refractivity contribution in [1.29, 1.82) is 0 Å². The number of hydrogen-bond donors (Lipinski definition) is 1. The second-order valence-corrected chi connectivity index (χ2v) is 6.86. The molecule has 23 heavy (non-hydrogen) atoms. The normalized spacial score (nSPS) is 16.8. The van der Waals surface area contributed by atoms with E-state index < -0.39 is 11.6 Å². The van der Waals surface area contributed by atoms with Crippen LogP contribution in [-0.4, -0.2) is 42.0 Å². The molecule has 2 rings (SSSR count). The van der Waals surface area contributed by atoms with Crippen LogP contribution in [0.15, 0.2) is 30.3 Å². The van der Waals surface area contributed by atoms with E-state index in [4.69, 9.17) is 4.74 Å². The highest BCUT2D eigenvalue weighted by atomic mass is 16.6. The maximum atomic E-state index is 12.6. The van der Waals surface area contributed by atoms with Crippen LogP contribution in [0.3, 0.4) is 0 Å². The Hall–Kier alpha value is -1.88. The van der Waals surface area contributed by atoms with Crippen molar-refractivity contribution in [2.45, 2.75) is 45.3 Å². The molecule has 0 bridgehead atoms. The van der Waals surface area contributed by atoms with E-state index in [-0.39, 0.29) is 18.5 Å². The Morgan fingerprint density at radius 3 is 2.35 bits per heavy atom. The van der Waals surface area contributed by atoms with E-state index in [1.807, 2.05) is 51.1 Å². The van der Waals surface area contributed by atoms with Crippen molar-refractivity contribution in [2.75, 3.05) is 19.6 Å². The van der Waals surface area contributed by atoms with Crippen LogP contribution in [0.5, 0.6) is 0 Å². The van der Waals surface area contributed by atoms with E-state index in [0.717, 1.165) is 31.5 Å². The van der Waals surface area contributed by atoms with Gasteiger partial charge in [0, 0.05) is 0 Å². The van der Waals surface area contributed by atoms with Crippen LogP contribution >= 0.6 is 0 Å². The number of amides is 1. The first kappa shape index (κ1) is 17.5. The second-order valence-electron chi connectivity index (χ2n) is 6.86. The maximum Gasteiger partial charge on any atom is 0.325 e. The summed E-state index contributed by atoms with van der Waals surface area (Å²) in [5.41, 5.74) is 0.409. The number of carbonyl (C=O) groups is 2. The van der Waals surface area contributed by atoms with E-state index >= 15 is 0 Å². The topological polar surface area (TPSA) is 58.6 Å². The van der Waals surface area contributed by atoms with Gasteiger partial charge in [-0.25, -0.2) is 0 Å². The van der Waals surface area contributed by atoms with Crippen LogP contribution in [0.25, 0.3) is 0 Å². The molecule has 1 heterocycles. The molecule has 1 fully saturated rings. The molecular weight excluding hydrogens is 292 g/mol. The summed E-state index contributed by atoms with van der Waals surface area (Å²) in [6, 6.07) is 9.36. The molecule has 0 radical (unpaired) electrons. The highest BCUT2D eigenvalue weighted by Gasteiger charge is 2.30. The molecule has 1 amide bonds. The number of likely N-dealkylation sites (tertiary alicyclic amines) is 1. The van der Waals surface area contributed by atoms with Crippen LogP contribution < -0.4 is 5.32 Å². The Bertz CT molecular complexity index is 531. The molecule has 126 valence electrons. The lowest BCUT2D eigenvalue weighted by molar-refractivity contribution is -0.154. The van der Waals surface area contributed by atoms with Crippen LogP contribution in [0, 0.1) is 0 Å². The lowest BCUT2D eigenvalue weighted by atomic mass is 10.0. The van der Waals surface area contributed by atoms with Crippen LogP contribution in [0.4, 0.5) is 0 Å². The predicted molar refractivity (Wildman–Crippen MR) is 88.8 cm³/mol. The fourth-order valence-corrected chi connectivity index (χ4v) is 2.80. The summed E-state index contributed by atoms with van der Waals surface area (Å²) in [4.78, 5) is 26.6. The third-order valence-corrected chi connectivity index (χ3v) is 3.70. The Kier molecular flexibility index (Phi) is 5.77. The Morgan fingerprint density at radius 1 is 1.17 bits per heavy atom. The summed E-state index contributed by atoms with van der Waals surface area (Å²) < 4.78 is 5.23. The molecule has 5 nitrogen and oxygen atoms in total. The highest BCUT2D eigenvalue weighted by Crippen LogP contribution is 2.25. The standard InChI is InChI=1S/C18H26N2O3/c1-18(2,3)23-15(21)13-19-17(22)16(20-11-7-8-12-20)14-9-5-4-6-10-14/h4-6,9-10,16H,7-8,11-13H2,1-3H3,(H,19,22). The maximum absolute atomic E-state index is 12.6. The van der Waals surface area contributed by atoms with Gasteiger partial charge in [0.25, 0.3) is 0 Å². The van der Waals surface area contributed by atoms with Crippen LogP contribution in [0.1, 0.15) is 45.2 Å². The number of ether oxygens (including phenoxy) is 1. The van der Waals surface area contributed by atoms with Gasteiger partial charge in [0.15, 0.2) is 0 Å². The minimum Gasteiger partial charge on any atom is -0.459 e. The molecule has 1 atom stereocenters. The monoisotopic (exact) mass is 318 g/mol. The predicted octanol–water partition coefficient (Wildman–Crippen LogP) is 2.28.